The predicted octanol–water partition coefficient (Wildman–Crippen LogP) is 2.17. The van der Waals surface area contributed by atoms with E-state index >= 15 is 0 Å². The van der Waals surface area contributed by atoms with Crippen LogP contribution in [-0.2, 0) is 16.1 Å². The third-order valence-corrected chi connectivity index (χ3v) is 5.26. The number of nitrogens with zero attached hydrogens (tertiary/aromatic N) is 2. The first-order valence-corrected chi connectivity index (χ1v) is 9.87. The normalized spacial score (nSPS) is 18.6. The van der Waals surface area contributed by atoms with Crippen LogP contribution in [0.5, 0.6) is 0 Å². The highest BCUT2D eigenvalue weighted by atomic mass is 16.5. The molecule has 1 N–H and O–H groups in total. The lowest BCUT2D eigenvalue weighted by atomic mass is 10.2. The topological polar surface area (TPSA) is 76.7 Å². The summed E-state index contributed by atoms with van der Waals surface area (Å²) in [5.41, 5.74) is 2.35. The first-order chi connectivity index (χ1) is 14.1. The van der Waals surface area contributed by atoms with Gasteiger partial charge in [0.2, 0.25) is 5.91 Å². The number of aromatic nitrogens is 1. The highest BCUT2D eigenvalue weighted by Gasteiger charge is 2.24. The molecule has 1 aliphatic heterocycles. The standard InChI is InChI=1S/C22H25N3O4/c1-16(25-19-9-5-6-10-20(19)29-22(25)27)21(26)23-13-18-15-24(11-12-28-18)14-17-7-3-2-4-8-17/h2-10,16,18H,11-15H2,1H3,(H,23,26)/t16-,18+/m1/s1. The Hall–Kier alpha value is -2.90. The Bertz CT molecular complexity index is 1030. The average Bonchev–Trinajstić information content (AvgIpc) is 3.08. The van der Waals surface area contributed by atoms with Crippen molar-refractivity contribution >= 4 is 17.0 Å². The van der Waals surface area contributed by atoms with Gasteiger partial charge in [-0.25, -0.2) is 4.79 Å². The van der Waals surface area contributed by atoms with Crippen LogP contribution in [0.1, 0.15) is 18.5 Å². The van der Waals surface area contributed by atoms with Crippen molar-refractivity contribution in [3.05, 3.63) is 70.7 Å². The Kier molecular flexibility index (Phi) is 5.78. The minimum atomic E-state index is -0.671. The number of rotatable bonds is 6. The first-order valence-electron chi connectivity index (χ1n) is 9.87. The number of oxazole rings is 1. The maximum Gasteiger partial charge on any atom is 0.420 e. The molecule has 1 aromatic heterocycles. The zero-order chi connectivity index (χ0) is 20.2. The van der Waals surface area contributed by atoms with E-state index in [-0.39, 0.29) is 12.0 Å². The summed E-state index contributed by atoms with van der Waals surface area (Å²) in [6, 6.07) is 16.7. The molecule has 2 atom stereocenters. The number of hydrogen-bond acceptors (Lipinski definition) is 5. The zero-order valence-electron chi connectivity index (χ0n) is 16.4. The molecule has 152 valence electrons. The summed E-state index contributed by atoms with van der Waals surface area (Å²) >= 11 is 0. The largest absolute Gasteiger partial charge is 0.420 e. The van der Waals surface area contributed by atoms with Crippen LogP contribution in [-0.4, -0.2) is 47.7 Å². The molecule has 1 amide bonds. The number of morpholine rings is 1. The van der Waals surface area contributed by atoms with Gasteiger partial charge in [0, 0.05) is 26.2 Å². The molecule has 7 nitrogen and oxygen atoms in total. The van der Waals surface area contributed by atoms with Gasteiger partial charge in [-0.1, -0.05) is 42.5 Å². The van der Waals surface area contributed by atoms with Crippen LogP contribution in [0.4, 0.5) is 0 Å². The van der Waals surface area contributed by atoms with E-state index < -0.39 is 11.8 Å². The summed E-state index contributed by atoms with van der Waals surface area (Å²) in [5, 5.41) is 2.92. The second-order valence-electron chi connectivity index (χ2n) is 7.34. The van der Waals surface area contributed by atoms with Gasteiger partial charge in [-0.2, -0.15) is 0 Å². The van der Waals surface area contributed by atoms with E-state index in [2.05, 4.69) is 22.3 Å². The molecule has 2 aromatic carbocycles. The third kappa shape index (κ3) is 4.41. The molecule has 0 radical (unpaired) electrons. The first kappa shape index (κ1) is 19.4. The third-order valence-electron chi connectivity index (χ3n) is 5.26. The monoisotopic (exact) mass is 395 g/mol. The Labute approximate surface area is 168 Å². The second-order valence-corrected chi connectivity index (χ2v) is 7.34. The summed E-state index contributed by atoms with van der Waals surface area (Å²) in [7, 11) is 0. The molecule has 0 aliphatic carbocycles. The fraction of sp³-hybridized carbons (Fsp3) is 0.364. The quantitative estimate of drug-likeness (QED) is 0.692. The Morgan fingerprint density at radius 2 is 1.93 bits per heavy atom. The minimum Gasteiger partial charge on any atom is -0.408 e. The van der Waals surface area contributed by atoms with E-state index in [0.29, 0.717) is 24.3 Å². The van der Waals surface area contributed by atoms with Crippen molar-refractivity contribution in [3.8, 4) is 0 Å². The van der Waals surface area contributed by atoms with Gasteiger partial charge in [-0.15, -0.1) is 0 Å². The van der Waals surface area contributed by atoms with Crippen LogP contribution < -0.4 is 11.1 Å². The maximum absolute atomic E-state index is 12.7. The van der Waals surface area contributed by atoms with E-state index in [9.17, 15) is 9.59 Å². The molecule has 3 aromatic rings. The van der Waals surface area contributed by atoms with Gasteiger partial charge in [0.05, 0.1) is 18.2 Å². The van der Waals surface area contributed by atoms with Crippen LogP contribution in [0.3, 0.4) is 0 Å². The predicted molar refractivity (Wildman–Crippen MR) is 110 cm³/mol. The molecule has 1 aliphatic rings. The van der Waals surface area contributed by atoms with Crippen molar-refractivity contribution in [2.24, 2.45) is 0 Å². The van der Waals surface area contributed by atoms with Gasteiger partial charge >= 0.3 is 5.76 Å². The average molecular weight is 395 g/mol. The van der Waals surface area contributed by atoms with Gasteiger partial charge in [-0.3, -0.25) is 14.3 Å². The number of nitrogens with one attached hydrogen (secondary N) is 1. The summed E-state index contributed by atoms with van der Waals surface area (Å²) < 4.78 is 12.4. The van der Waals surface area contributed by atoms with Crippen molar-refractivity contribution in [1.82, 2.24) is 14.8 Å². The number of para-hydroxylation sites is 2. The van der Waals surface area contributed by atoms with Gasteiger partial charge in [0.1, 0.15) is 6.04 Å². The van der Waals surface area contributed by atoms with Crippen molar-refractivity contribution < 1.29 is 13.9 Å². The molecule has 4 rings (SSSR count). The Morgan fingerprint density at radius 3 is 2.76 bits per heavy atom. The van der Waals surface area contributed by atoms with Crippen LogP contribution in [0.25, 0.3) is 11.1 Å². The number of hydrogen-bond donors (Lipinski definition) is 1. The molecule has 0 saturated carbocycles. The van der Waals surface area contributed by atoms with Crippen molar-refractivity contribution in [3.63, 3.8) is 0 Å². The lowest BCUT2D eigenvalue weighted by Gasteiger charge is -2.33. The zero-order valence-corrected chi connectivity index (χ0v) is 16.4. The van der Waals surface area contributed by atoms with Gasteiger partial charge in [0.15, 0.2) is 5.58 Å². The van der Waals surface area contributed by atoms with Crippen LogP contribution >= 0.6 is 0 Å². The van der Waals surface area contributed by atoms with E-state index in [1.54, 1.807) is 25.1 Å². The summed E-state index contributed by atoms with van der Waals surface area (Å²) in [6.45, 7) is 5.21. The van der Waals surface area contributed by atoms with Crippen molar-refractivity contribution in [1.29, 1.82) is 0 Å². The number of carbonyl (C=O) groups excluding carboxylic acids is 1. The molecule has 0 bridgehead atoms. The molecular formula is C22H25N3O4. The molecule has 2 heterocycles. The van der Waals surface area contributed by atoms with E-state index in [1.165, 1.54) is 10.1 Å². The summed E-state index contributed by atoms with van der Waals surface area (Å²) in [6.07, 6.45) is -0.0820. The highest BCUT2D eigenvalue weighted by molar-refractivity contribution is 5.82. The van der Waals surface area contributed by atoms with Gasteiger partial charge in [0.25, 0.3) is 0 Å². The fourth-order valence-electron chi connectivity index (χ4n) is 3.72. The molecule has 0 unspecified atom stereocenters. The van der Waals surface area contributed by atoms with E-state index in [4.69, 9.17) is 9.15 Å². The SMILES string of the molecule is C[C@H](C(=O)NC[C@H]1CN(Cc2ccccc2)CCO1)n1c(=O)oc2ccccc21. The van der Waals surface area contributed by atoms with Crippen LogP contribution in [0.15, 0.2) is 63.8 Å². The lowest BCUT2D eigenvalue weighted by molar-refractivity contribution is -0.125. The molecule has 0 spiro atoms. The van der Waals surface area contributed by atoms with Crippen LogP contribution in [0.2, 0.25) is 0 Å². The van der Waals surface area contributed by atoms with Gasteiger partial charge in [-0.05, 0) is 24.6 Å². The van der Waals surface area contributed by atoms with E-state index in [1.807, 2.05) is 24.3 Å². The van der Waals surface area contributed by atoms with Gasteiger partial charge < -0.3 is 14.5 Å². The minimum absolute atomic E-state index is 0.0820. The van der Waals surface area contributed by atoms with E-state index in [0.717, 1.165) is 19.6 Å². The molecule has 1 fully saturated rings. The number of fused-ring (bicyclic) bond motifs is 1. The Morgan fingerprint density at radius 1 is 1.17 bits per heavy atom. The smallest absolute Gasteiger partial charge is 0.408 e. The second kappa shape index (κ2) is 8.63. The Balaban J connectivity index is 1.35. The molecule has 29 heavy (non-hydrogen) atoms. The number of amides is 1. The summed E-state index contributed by atoms with van der Waals surface area (Å²) in [5.74, 6) is -0.765. The number of carbonyl (C=O) groups is 1. The fourth-order valence-corrected chi connectivity index (χ4v) is 3.72. The molecule has 7 heteroatoms. The lowest BCUT2D eigenvalue weighted by Crippen LogP contribution is -2.48. The summed E-state index contributed by atoms with van der Waals surface area (Å²) in [4.78, 5) is 27.2. The van der Waals surface area contributed by atoms with Crippen molar-refractivity contribution in [2.45, 2.75) is 25.6 Å². The maximum atomic E-state index is 12.7. The van der Waals surface area contributed by atoms with Crippen molar-refractivity contribution in [2.75, 3.05) is 26.2 Å². The van der Waals surface area contributed by atoms with Crippen LogP contribution in [0, 0.1) is 0 Å². The highest BCUT2D eigenvalue weighted by Crippen LogP contribution is 2.17. The molecule has 1 saturated heterocycles. The number of ether oxygens (including phenoxy) is 1. The number of benzene rings is 2. The molecular weight excluding hydrogens is 370 g/mol.